The Kier molecular flexibility index (Phi) is 10.3. The molecule has 12 rings (SSSR count). The van der Waals surface area contributed by atoms with Gasteiger partial charge in [0.2, 0.25) is 0 Å². The van der Waals surface area contributed by atoms with Gasteiger partial charge < -0.3 is 4.57 Å². The van der Waals surface area contributed by atoms with Crippen molar-refractivity contribution in [3.8, 4) is 73.0 Å². The molecule has 4 nitrogen and oxygen atoms in total. The molecule has 0 saturated carbocycles. The Morgan fingerprint density at radius 3 is 1.51 bits per heavy atom. The van der Waals surface area contributed by atoms with Crippen LogP contribution in [-0.2, 0) is 0 Å². The summed E-state index contributed by atoms with van der Waals surface area (Å²) < 4.78 is 5.05. The number of benzene rings is 9. The minimum atomic E-state index is 0.518. The largest absolute Gasteiger partial charge is 0.307 e. The normalized spacial score (nSPS) is 11.7. The molecule has 0 unspecified atom stereocenters. The summed E-state index contributed by atoms with van der Waals surface area (Å²) in [5, 5.41) is 4.90. The van der Waals surface area contributed by atoms with Gasteiger partial charge >= 0.3 is 0 Å². The molecule has 68 heavy (non-hydrogen) atoms. The molecule has 5 heteroatoms. The molecule has 3 heterocycles. The lowest BCUT2D eigenvalue weighted by molar-refractivity contribution is 1.04. The Balaban J connectivity index is 1.23. The molecule has 0 saturated heterocycles. The highest BCUT2D eigenvalue weighted by atomic mass is 32.1. The molecule has 0 spiro atoms. The Hall–Kier alpha value is -8.77. The Bertz CT molecular complexity index is 3800. The smallest absolute Gasteiger partial charge is 0.164 e. The topological polar surface area (TPSA) is 43.6 Å². The van der Waals surface area contributed by atoms with Crippen LogP contribution in [0, 0.1) is 0 Å². The van der Waals surface area contributed by atoms with Crippen molar-refractivity contribution in [3.05, 3.63) is 250 Å². The summed E-state index contributed by atoms with van der Waals surface area (Å²) in [6.07, 6.45) is 5.40. The number of thiophene rings is 1. The molecule has 0 aliphatic rings. The zero-order valence-electron chi connectivity index (χ0n) is 37.1. The third-order valence-electron chi connectivity index (χ3n) is 12.8. The van der Waals surface area contributed by atoms with Gasteiger partial charge in [0.15, 0.2) is 17.5 Å². The summed E-state index contributed by atoms with van der Waals surface area (Å²) in [7, 11) is 0. The summed E-state index contributed by atoms with van der Waals surface area (Å²) in [4.78, 5) is 15.5. The SMILES string of the molecule is C=C/C=C(\C=C)c1nc(-c2ccccc2)nc(-c2cc(-c3ccc(-c4ccccc4)cc3)c(-n3c4ccccc4c4ccc5sc6ccccc6c5c43)c(-c3ccc(-c4ccccc4)cc3)c2)n1. The van der Waals surface area contributed by atoms with E-state index in [1.54, 1.807) is 12.2 Å². The molecular formula is C63H42N4S. The van der Waals surface area contributed by atoms with E-state index in [9.17, 15) is 0 Å². The van der Waals surface area contributed by atoms with Gasteiger partial charge in [-0.25, -0.2) is 15.0 Å². The van der Waals surface area contributed by atoms with E-state index in [1.807, 2.05) is 47.7 Å². The van der Waals surface area contributed by atoms with Gasteiger partial charge in [0.25, 0.3) is 0 Å². The average Bonchev–Trinajstić information content (AvgIpc) is 3.96. The van der Waals surface area contributed by atoms with Crippen LogP contribution in [0.15, 0.2) is 244 Å². The molecule has 0 aliphatic heterocycles. The van der Waals surface area contributed by atoms with E-state index in [4.69, 9.17) is 15.0 Å². The van der Waals surface area contributed by atoms with Crippen molar-refractivity contribution < 1.29 is 0 Å². The molecule has 12 aromatic rings. The lowest BCUT2D eigenvalue weighted by Crippen LogP contribution is -2.05. The summed E-state index contributed by atoms with van der Waals surface area (Å²) in [6.45, 7) is 8.12. The van der Waals surface area contributed by atoms with E-state index in [1.165, 1.54) is 36.5 Å². The summed E-state index contributed by atoms with van der Waals surface area (Å²) in [5.74, 6) is 1.64. The van der Waals surface area contributed by atoms with Crippen LogP contribution >= 0.6 is 11.3 Å². The molecule has 0 atom stereocenters. The van der Waals surface area contributed by atoms with Gasteiger partial charge in [-0.2, -0.15) is 0 Å². The fourth-order valence-corrected chi connectivity index (χ4v) is 10.7. The van der Waals surface area contributed by atoms with Crippen LogP contribution in [0.1, 0.15) is 5.82 Å². The maximum atomic E-state index is 5.27. The van der Waals surface area contributed by atoms with Crippen LogP contribution < -0.4 is 0 Å². The second kappa shape index (κ2) is 17.2. The van der Waals surface area contributed by atoms with Crippen molar-refractivity contribution in [3.63, 3.8) is 0 Å². The molecule has 0 aliphatic carbocycles. The lowest BCUT2D eigenvalue weighted by Gasteiger charge is -2.22. The van der Waals surface area contributed by atoms with Crippen LogP contribution in [-0.4, -0.2) is 19.5 Å². The predicted octanol–water partition coefficient (Wildman–Crippen LogP) is 17.1. The van der Waals surface area contributed by atoms with Gasteiger partial charge in [-0.1, -0.05) is 213 Å². The van der Waals surface area contributed by atoms with Gasteiger partial charge in [-0.15, -0.1) is 11.3 Å². The molecule has 0 radical (unpaired) electrons. The highest BCUT2D eigenvalue weighted by Crippen LogP contribution is 2.48. The molecule has 0 fully saturated rings. The van der Waals surface area contributed by atoms with Gasteiger partial charge in [0.05, 0.1) is 16.7 Å². The van der Waals surface area contributed by atoms with E-state index in [0.29, 0.717) is 17.5 Å². The number of nitrogens with zero attached hydrogens (tertiary/aromatic N) is 4. The standard InChI is InChI=1S/C63H42N4S/c1-3-18-41(4-2)61-64-62(48-23-12-7-13-24-48)66-63(65-61)49-39-53(46-33-29-44(30-34-46)42-19-8-5-9-20-42)59(54(40-49)47-35-31-45(32-36-47)43-21-10-6-11-22-43)67-55-27-16-14-25-50(55)51-37-38-57-58(60(51)67)52-26-15-17-28-56(52)68-57/h3-40H,1-2H2/b41-18+. The van der Waals surface area contributed by atoms with Gasteiger partial charge in [0, 0.05) is 58.8 Å². The molecule has 320 valence electrons. The number of fused-ring (bicyclic) bond motifs is 7. The van der Waals surface area contributed by atoms with Crippen LogP contribution in [0.5, 0.6) is 0 Å². The third kappa shape index (κ3) is 7.14. The number of hydrogen-bond acceptors (Lipinski definition) is 4. The second-order valence-electron chi connectivity index (χ2n) is 16.8. The minimum Gasteiger partial charge on any atom is -0.307 e. The van der Waals surface area contributed by atoms with E-state index in [2.05, 4.69) is 200 Å². The highest BCUT2D eigenvalue weighted by Gasteiger charge is 2.25. The van der Waals surface area contributed by atoms with Gasteiger partial charge in [-0.3, -0.25) is 0 Å². The number of para-hydroxylation sites is 1. The summed E-state index contributed by atoms with van der Waals surface area (Å²) >= 11 is 1.84. The minimum absolute atomic E-state index is 0.518. The first-order valence-electron chi connectivity index (χ1n) is 22.7. The lowest BCUT2D eigenvalue weighted by atomic mass is 9.91. The number of rotatable bonds is 10. The molecule has 0 amide bonds. The fraction of sp³-hybridized carbons (Fsp3) is 0. The Labute approximate surface area is 398 Å². The van der Waals surface area contributed by atoms with Gasteiger partial charge in [-0.05, 0) is 63.7 Å². The quantitative estimate of drug-likeness (QED) is 0.129. The highest BCUT2D eigenvalue weighted by molar-refractivity contribution is 7.26. The first kappa shape index (κ1) is 40.7. The number of allylic oxidation sites excluding steroid dienone is 4. The van der Waals surface area contributed by atoms with Crippen LogP contribution in [0.25, 0.3) is 121 Å². The number of aromatic nitrogens is 4. The fourth-order valence-electron chi connectivity index (χ4n) is 9.60. The van der Waals surface area contributed by atoms with E-state index in [-0.39, 0.29) is 0 Å². The second-order valence-corrected chi connectivity index (χ2v) is 17.9. The van der Waals surface area contributed by atoms with Crippen molar-refractivity contribution in [2.45, 2.75) is 0 Å². The van der Waals surface area contributed by atoms with Crippen molar-refractivity contribution in [1.82, 2.24) is 19.5 Å². The average molecular weight is 887 g/mol. The van der Waals surface area contributed by atoms with Crippen molar-refractivity contribution >= 4 is 58.9 Å². The van der Waals surface area contributed by atoms with Crippen molar-refractivity contribution in [1.29, 1.82) is 0 Å². The first-order chi connectivity index (χ1) is 33.6. The van der Waals surface area contributed by atoms with E-state index < -0.39 is 0 Å². The van der Waals surface area contributed by atoms with Crippen molar-refractivity contribution in [2.75, 3.05) is 0 Å². The first-order valence-corrected chi connectivity index (χ1v) is 23.6. The van der Waals surface area contributed by atoms with E-state index in [0.717, 1.165) is 72.4 Å². The van der Waals surface area contributed by atoms with Gasteiger partial charge in [0.1, 0.15) is 0 Å². The molecule has 3 aromatic heterocycles. The summed E-state index contributed by atoms with van der Waals surface area (Å²) in [5.41, 5.74) is 14.7. The van der Waals surface area contributed by atoms with E-state index >= 15 is 0 Å². The third-order valence-corrected chi connectivity index (χ3v) is 14.0. The number of hydrogen-bond donors (Lipinski definition) is 0. The van der Waals surface area contributed by atoms with Crippen LogP contribution in [0.3, 0.4) is 0 Å². The predicted molar refractivity (Wildman–Crippen MR) is 288 cm³/mol. The summed E-state index contributed by atoms with van der Waals surface area (Å²) in [6, 6.07) is 76.0. The molecule has 9 aromatic carbocycles. The van der Waals surface area contributed by atoms with Crippen molar-refractivity contribution in [2.24, 2.45) is 0 Å². The maximum absolute atomic E-state index is 5.27. The molecule has 0 bridgehead atoms. The maximum Gasteiger partial charge on any atom is 0.164 e. The monoisotopic (exact) mass is 886 g/mol. The molecule has 0 N–H and O–H groups in total. The van der Waals surface area contributed by atoms with Crippen LogP contribution in [0.2, 0.25) is 0 Å². The molecular weight excluding hydrogens is 845 g/mol. The van der Waals surface area contributed by atoms with Crippen LogP contribution in [0.4, 0.5) is 0 Å². The zero-order valence-corrected chi connectivity index (χ0v) is 37.9. The Morgan fingerprint density at radius 2 is 0.926 bits per heavy atom. The Morgan fingerprint density at radius 1 is 0.426 bits per heavy atom. The zero-order chi connectivity index (χ0) is 45.6.